The summed E-state index contributed by atoms with van der Waals surface area (Å²) in [5, 5.41) is 0. The normalized spacial score (nSPS) is 11.2. The number of nitrogens with one attached hydrogen (secondary N) is 1. The molecule has 0 aliphatic heterocycles. The molecule has 0 atom stereocenters. The molecule has 0 aliphatic carbocycles. The number of aromatic nitrogens is 2. The molecule has 0 aliphatic rings. The van der Waals surface area contributed by atoms with E-state index in [0.29, 0.717) is 16.0 Å². The smallest absolute Gasteiger partial charge is 0.238 e. The third-order valence-electron chi connectivity index (χ3n) is 2.36. The third-order valence-corrected chi connectivity index (χ3v) is 4.20. The minimum Gasteiger partial charge on any atom is -0.438 e. The minimum atomic E-state index is -3.23. The Morgan fingerprint density at radius 1 is 1.25 bits per heavy atom. The standard InChI is InChI=1S/C11H11BrN4O3S/c1-20(17,18)8-4-2-7(3-5-8)19-11-9(12)10(16-13)14-6-15-11/h2-6H,13H2,1H3,(H,14,15,16). The van der Waals surface area contributed by atoms with E-state index in [4.69, 9.17) is 10.6 Å². The van der Waals surface area contributed by atoms with Gasteiger partial charge in [-0.2, -0.15) is 0 Å². The van der Waals surface area contributed by atoms with E-state index in [1.54, 1.807) is 12.1 Å². The van der Waals surface area contributed by atoms with Gasteiger partial charge in [-0.15, -0.1) is 0 Å². The molecule has 2 rings (SSSR count). The lowest BCUT2D eigenvalue weighted by Gasteiger charge is -2.09. The summed E-state index contributed by atoms with van der Waals surface area (Å²) in [7, 11) is -3.23. The Morgan fingerprint density at radius 2 is 1.90 bits per heavy atom. The summed E-state index contributed by atoms with van der Waals surface area (Å²) < 4.78 is 28.7. The Balaban J connectivity index is 2.27. The lowest BCUT2D eigenvalue weighted by atomic mass is 10.3. The van der Waals surface area contributed by atoms with E-state index in [9.17, 15) is 8.42 Å². The molecule has 0 unspecified atom stereocenters. The molecule has 1 aromatic carbocycles. The molecule has 106 valence electrons. The van der Waals surface area contributed by atoms with Crippen LogP contribution in [-0.2, 0) is 9.84 Å². The van der Waals surface area contributed by atoms with Gasteiger partial charge in [0.2, 0.25) is 5.88 Å². The number of nitrogen functional groups attached to an aromatic ring is 1. The van der Waals surface area contributed by atoms with Crippen LogP contribution >= 0.6 is 15.9 Å². The number of nitrogens with two attached hydrogens (primary N) is 1. The van der Waals surface area contributed by atoms with E-state index in [0.717, 1.165) is 6.26 Å². The van der Waals surface area contributed by atoms with E-state index >= 15 is 0 Å². The second-order valence-corrected chi connectivity index (χ2v) is 6.64. The summed E-state index contributed by atoms with van der Waals surface area (Å²) in [6.07, 6.45) is 2.43. The zero-order chi connectivity index (χ0) is 14.8. The van der Waals surface area contributed by atoms with Gasteiger partial charge >= 0.3 is 0 Å². The predicted octanol–water partition coefficient (Wildman–Crippen LogP) is 1.72. The number of hydrogen-bond donors (Lipinski definition) is 2. The molecule has 0 saturated carbocycles. The van der Waals surface area contributed by atoms with E-state index in [-0.39, 0.29) is 10.8 Å². The topological polar surface area (TPSA) is 107 Å². The molecule has 2 aromatic rings. The van der Waals surface area contributed by atoms with E-state index in [2.05, 4.69) is 31.3 Å². The highest BCUT2D eigenvalue weighted by Crippen LogP contribution is 2.31. The maximum Gasteiger partial charge on any atom is 0.238 e. The summed E-state index contributed by atoms with van der Waals surface area (Å²) in [6.45, 7) is 0. The maximum absolute atomic E-state index is 11.3. The molecule has 0 radical (unpaired) electrons. The van der Waals surface area contributed by atoms with Crippen LogP contribution in [0, 0.1) is 0 Å². The van der Waals surface area contributed by atoms with Crippen molar-refractivity contribution in [3.63, 3.8) is 0 Å². The number of benzene rings is 1. The van der Waals surface area contributed by atoms with E-state index < -0.39 is 9.84 Å². The molecule has 0 fully saturated rings. The highest BCUT2D eigenvalue weighted by atomic mass is 79.9. The minimum absolute atomic E-state index is 0.218. The first-order valence-corrected chi connectivity index (χ1v) is 8.05. The molecule has 0 amide bonds. The number of ether oxygens (including phenoxy) is 1. The Hall–Kier alpha value is -1.71. The SMILES string of the molecule is CS(=O)(=O)c1ccc(Oc2ncnc(NN)c2Br)cc1. The van der Waals surface area contributed by atoms with Crippen molar-refractivity contribution in [1.29, 1.82) is 0 Å². The number of rotatable bonds is 4. The highest BCUT2D eigenvalue weighted by Gasteiger charge is 2.11. The van der Waals surface area contributed by atoms with Crippen molar-refractivity contribution in [3.8, 4) is 11.6 Å². The van der Waals surface area contributed by atoms with Gasteiger partial charge in [-0.25, -0.2) is 24.2 Å². The van der Waals surface area contributed by atoms with Crippen molar-refractivity contribution in [3.05, 3.63) is 35.1 Å². The molecule has 9 heteroatoms. The Morgan fingerprint density at radius 3 is 2.45 bits per heavy atom. The molecule has 0 bridgehead atoms. The largest absolute Gasteiger partial charge is 0.438 e. The Bertz CT molecular complexity index is 719. The number of halogens is 1. The van der Waals surface area contributed by atoms with Crippen molar-refractivity contribution < 1.29 is 13.2 Å². The van der Waals surface area contributed by atoms with Crippen LogP contribution in [0.25, 0.3) is 0 Å². The monoisotopic (exact) mass is 358 g/mol. The van der Waals surface area contributed by atoms with Gasteiger partial charge < -0.3 is 10.2 Å². The molecule has 20 heavy (non-hydrogen) atoms. The van der Waals surface area contributed by atoms with Gasteiger partial charge in [0.25, 0.3) is 0 Å². The molecule has 0 spiro atoms. The van der Waals surface area contributed by atoms with Crippen molar-refractivity contribution in [2.45, 2.75) is 4.90 Å². The lowest BCUT2D eigenvalue weighted by Crippen LogP contribution is -2.09. The van der Waals surface area contributed by atoms with Gasteiger partial charge in [-0.05, 0) is 40.2 Å². The van der Waals surface area contributed by atoms with Crippen LogP contribution < -0.4 is 16.0 Å². The zero-order valence-corrected chi connectivity index (χ0v) is 12.8. The van der Waals surface area contributed by atoms with Gasteiger partial charge in [-0.1, -0.05) is 0 Å². The molecule has 1 heterocycles. The first-order valence-electron chi connectivity index (χ1n) is 5.37. The average molecular weight is 359 g/mol. The number of hydrazine groups is 1. The summed E-state index contributed by atoms with van der Waals surface area (Å²) in [5.74, 6) is 6.37. The van der Waals surface area contributed by atoms with Crippen LogP contribution in [0.2, 0.25) is 0 Å². The summed E-state index contributed by atoms with van der Waals surface area (Å²) in [4.78, 5) is 8.07. The fourth-order valence-electron chi connectivity index (χ4n) is 1.39. The first-order chi connectivity index (χ1) is 9.41. The maximum atomic E-state index is 11.3. The van der Waals surface area contributed by atoms with Gasteiger partial charge in [0.05, 0.1) is 4.90 Å². The lowest BCUT2D eigenvalue weighted by molar-refractivity contribution is 0.458. The third kappa shape index (κ3) is 3.24. The number of anilines is 1. The predicted molar refractivity (Wildman–Crippen MR) is 77.2 cm³/mol. The number of sulfone groups is 1. The van der Waals surface area contributed by atoms with Gasteiger partial charge in [0.15, 0.2) is 15.7 Å². The molecular formula is C11H11BrN4O3S. The highest BCUT2D eigenvalue weighted by molar-refractivity contribution is 9.10. The fraction of sp³-hybridized carbons (Fsp3) is 0.0909. The van der Waals surface area contributed by atoms with Crippen molar-refractivity contribution >= 4 is 31.6 Å². The number of hydrogen-bond acceptors (Lipinski definition) is 7. The molecule has 0 saturated heterocycles. The molecular weight excluding hydrogens is 348 g/mol. The molecule has 1 aromatic heterocycles. The zero-order valence-electron chi connectivity index (χ0n) is 10.4. The Kier molecular flexibility index (Phi) is 4.21. The van der Waals surface area contributed by atoms with Crippen molar-refractivity contribution in [1.82, 2.24) is 9.97 Å². The fourth-order valence-corrected chi connectivity index (χ4v) is 2.42. The van der Waals surface area contributed by atoms with Gasteiger partial charge in [0.1, 0.15) is 16.5 Å². The summed E-state index contributed by atoms with van der Waals surface area (Å²) in [6, 6.07) is 6.00. The summed E-state index contributed by atoms with van der Waals surface area (Å²) in [5.41, 5.74) is 2.39. The summed E-state index contributed by atoms with van der Waals surface area (Å²) >= 11 is 3.26. The van der Waals surface area contributed by atoms with Crippen molar-refractivity contribution in [2.75, 3.05) is 11.7 Å². The van der Waals surface area contributed by atoms with Crippen LogP contribution in [-0.4, -0.2) is 24.6 Å². The van der Waals surface area contributed by atoms with Gasteiger partial charge in [-0.3, -0.25) is 0 Å². The Labute approximate surface area is 124 Å². The second kappa shape index (κ2) is 5.73. The molecule has 3 N–H and O–H groups in total. The van der Waals surface area contributed by atoms with Crippen molar-refractivity contribution in [2.24, 2.45) is 5.84 Å². The van der Waals surface area contributed by atoms with E-state index in [1.165, 1.54) is 18.5 Å². The van der Waals surface area contributed by atoms with Crippen LogP contribution in [0.5, 0.6) is 11.6 Å². The van der Waals surface area contributed by atoms with Crippen LogP contribution in [0.1, 0.15) is 0 Å². The molecule has 7 nitrogen and oxygen atoms in total. The second-order valence-electron chi connectivity index (χ2n) is 3.83. The van der Waals surface area contributed by atoms with Gasteiger partial charge in [0, 0.05) is 6.26 Å². The quantitative estimate of drug-likeness (QED) is 0.632. The van der Waals surface area contributed by atoms with Crippen LogP contribution in [0.4, 0.5) is 5.82 Å². The van der Waals surface area contributed by atoms with Crippen LogP contribution in [0.15, 0.2) is 40.0 Å². The van der Waals surface area contributed by atoms with E-state index in [1.807, 2.05) is 0 Å². The van der Waals surface area contributed by atoms with Crippen LogP contribution in [0.3, 0.4) is 0 Å². The average Bonchev–Trinajstić information content (AvgIpc) is 2.41. The first kappa shape index (κ1) is 14.7. The number of nitrogens with zero attached hydrogens (tertiary/aromatic N) is 2.